The summed E-state index contributed by atoms with van der Waals surface area (Å²) in [5, 5.41) is 0.799. The number of nitrogens with zero attached hydrogens (tertiary/aromatic N) is 1. The highest BCUT2D eigenvalue weighted by atomic mass is 32.1. The fraction of sp³-hybridized carbons (Fsp3) is 0.182. The molecule has 0 spiro atoms. The first-order valence-corrected chi connectivity index (χ1v) is 10.1. The largest absolute Gasteiger partial charge is 0.326 e. The van der Waals surface area contributed by atoms with Crippen LogP contribution in [-0.2, 0) is 19.5 Å². The number of nitrogens with one attached hydrogen (secondary N) is 2. The molecule has 0 bridgehead atoms. The van der Waals surface area contributed by atoms with Crippen molar-refractivity contribution in [2.24, 2.45) is 0 Å². The van der Waals surface area contributed by atoms with Gasteiger partial charge >= 0.3 is 0 Å². The number of quaternary nitrogens is 1. The van der Waals surface area contributed by atoms with Gasteiger partial charge in [-0.15, -0.1) is 11.3 Å². The fourth-order valence-electron chi connectivity index (χ4n) is 3.90. The number of hydrogen-bond donors (Lipinski definition) is 2. The molecule has 0 fully saturated rings. The maximum absolute atomic E-state index is 12.8. The molecule has 0 saturated heterocycles. The monoisotopic (exact) mass is 374 g/mol. The second kappa shape index (κ2) is 6.76. The molecule has 0 aliphatic carbocycles. The van der Waals surface area contributed by atoms with Gasteiger partial charge in [0.15, 0.2) is 0 Å². The predicted octanol–water partition coefficient (Wildman–Crippen LogP) is 2.79. The van der Waals surface area contributed by atoms with Crippen LogP contribution in [0.4, 0.5) is 0 Å². The molecule has 5 heteroatoms. The molecule has 3 heterocycles. The first-order chi connectivity index (χ1) is 13.3. The zero-order chi connectivity index (χ0) is 18.2. The van der Waals surface area contributed by atoms with Crippen molar-refractivity contribution in [3.05, 3.63) is 87.0 Å². The number of benzene rings is 2. The molecular weight excluding hydrogens is 354 g/mol. The van der Waals surface area contributed by atoms with Gasteiger partial charge in [0.25, 0.3) is 5.56 Å². The van der Waals surface area contributed by atoms with Gasteiger partial charge in [-0.3, -0.25) is 4.79 Å². The van der Waals surface area contributed by atoms with Gasteiger partial charge in [-0.05, 0) is 5.56 Å². The molecule has 2 aromatic heterocycles. The van der Waals surface area contributed by atoms with Crippen molar-refractivity contribution in [3.63, 3.8) is 0 Å². The Morgan fingerprint density at radius 2 is 1.78 bits per heavy atom. The Bertz CT molecular complexity index is 1150. The van der Waals surface area contributed by atoms with Crippen molar-refractivity contribution < 1.29 is 4.90 Å². The summed E-state index contributed by atoms with van der Waals surface area (Å²) in [6.07, 6.45) is 0.937. The Kier molecular flexibility index (Phi) is 4.11. The molecule has 4 nitrogen and oxygen atoms in total. The molecule has 1 atom stereocenters. The Morgan fingerprint density at radius 1 is 1.04 bits per heavy atom. The Hall–Kier alpha value is -2.76. The van der Waals surface area contributed by atoms with Crippen molar-refractivity contribution in [1.82, 2.24) is 9.97 Å². The van der Waals surface area contributed by atoms with E-state index in [-0.39, 0.29) is 5.56 Å². The lowest BCUT2D eigenvalue weighted by Gasteiger charge is -2.23. The summed E-state index contributed by atoms with van der Waals surface area (Å²) in [4.78, 5) is 24.3. The molecule has 2 N–H and O–H groups in total. The third-order valence-corrected chi connectivity index (χ3v) is 6.35. The first kappa shape index (κ1) is 16.4. The summed E-state index contributed by atoms with van der Waals surface area (Å²) in [6.45, 7) is 3.03. The lowest BCUT2D eigenvalue weighted by molar-refractivity contribution is -0.929. The van der Waals surface area contributed by atoms with Gasteiger partial charge in [-0.2, -0.15) is 0 Å². The summed E-state index contributed by atoms with van der Waals surface area (Å²) < 4.78 is 0. The number of hydrogen-bond acceptors (Lipinski definition) is 3. The van der Waals surface area contributed by atoms with Crippen LogP contribution in [0.15, 0.2) is 65.5 Å². The molecule has 1 aliphatic heterocycles. The zero-order valence-electron chi connectivity index (χ0n) is 14.9. The Balaban J connectivity index is 1.50. The molecule has 5 rings (SSSR count). The van der Waals surface area contributed by atoms with E-state index in [4.69, 9.17) is 4.98 Å². The highest BCUT2D eigenvalue weighted by Gasteiger charge is 2.26. The molecular formula is C22H20N3OS+. The number of fused-ring (bicyclic) bond motifs is 3. The van der Waals surface area contributed by atoms with Gasteiger partial charge in [0, 0.05) is 17.5 Å². The normalized spacial score (nSPS) is 16.4. The van der Waals surface area contributed by atoms with Crippen LogP contribution in [0.3, 0.4) is 0 Å². The highest BCUT2D eigenvalue weighted by Crippen LogP contribution is 2.30. The fourth-order valence-corrected chi connectivity index (χ4v) is 5.19. The molecule has 134 valence electrons. The van der Waals surface area contributed by atoms with Crippen LogP contribution in [0, 0.1) is 0 Å². The van der Waals surface area contributed by atoms with Crippen LogP contribution >= 0.6 is 11.3 Å². The number of H-pyrrole nitrogens is 1. The average molecular weight is 374 g/mol. The molecule has 1 aliphatic rings. The quantitative estimate of drug-likeness (QED) is 0.579. The zero-order valence-corrected chi connectivity index (χ0v) is 15.7. The van der Waals surface area contributed by atoms with Crippen LogP contribution in [0.2, 0.25) is 0 Å². The van der Waals surface area contributed by atoms with E-state index in [1.54, 1.807) is 16.2 Å². The van der Waals surface area contributed by atoms with Crippen molar-refractivity contribution in [1.29, 1.82) is 0 Å². The predicted molar refractivity (Wildman–Crippen MR) is 109 cm³/mol. The summed E-state index contributed by atoms with van der Waals surface area (Å²) in [7, 11) is 0. The summed E-state index contributed by atoms with van der Waals surface area (Å²) >= 11 is 1.69. The SMILES string of the molecule is O=c1[nH]c(-c2ccccc2)nc2sc3c(c12)CC[NH+](Cc1ccccc1)C3. The van der Waals surface area contributed by atoms with Crippen LogP contribution in [0.1, 0.15) is 16.0 Å². The number of aromatic amines is 1. The standard InChI is InChI=1S/C22H19N3OS/c26-21-19-17-11-12-25(13-15-7-3-1-4-8-15)14-18(17)27-22(19)24-20(23-21)16-9-5-2-6-10-16/h1-10H,11-14H2,(H,23,24,26)/p+1. The van der Waals surface area contributed by atoms with Crippen LogP contribution in [0.5, 0.6) is 0 Å². The van der Waals surface area contributed by atoms with E-state index in [2.05, 4.69) is 35.3 Å². The molecule has 0 amide bonds. The van der Waals surface area contributed by atoms with E-state index in [1.807, 2.05) is 30.3 Å². The van der Waals surface area contributed by atoms with Crippen LogP contribution in [0.25, 0.3) is 21.6 Å². The minimum atomic E-state index is -0.0112. The first-order valence-electron chi connectivity index (χ1n) is 9.25. The van der Waals surface area contributed by atoms with E-state index in [9.17, 15) is 4.79 Å². The topological polar surface area (TPSA) is 50.2 Å². The number of rotatable bonds is 3. The van der Waals surface area contributed by atoms with Gasteiger partial charge in [0.1, 0.15) is 23.7 Å². The second-order valence-electron chi connectivity index (χ2n) is 7.05. The van der Waals surface area contributed by atoms with Gasteiger partial charge in [-0.1, -0.05) is 60.7 Å². The second-order valence-corrected chi connectivity index (χ2v) is 8.14. The minimum Gasteiger partial charge on any atom is -0.326 e. The summed E-state index contributed by atoms with van der Waals surface area (Å²) in [6, 6.07) is 20.5. The maximum atomic E-state index is 12.8. The lowest BCUT2D eigenvalue weighted by atomic mass is 10.0. The van der Waals surface area contributed by atoms with E-state index >= 15 is 0 Å². The molecule has 4 aromatic rings. The maximum Gasteiger partial charge on any atom is 0.260 e. The van der Waals surface area contributed by atoms with Crippen molar-refractivity contribution >= 4 is 21.6 Å². The lowest BCUT2D eigenvalue weighted by Crippen LogP contribution is -3.10. The van der Waals surface area contributed by atoms with Crippen molar-refractivity contribution in [2.75, 3.05) is 6.54 Å². The van der Waals surface area contributed by atoms with Crippen molar-refractivity contribution in [2.45, 2.75) is 19.5 Å². The van der Waals surface area contributed by atoms with Crippen LogP contribution in [-0.4, -0.2) is 16.5 Å². The van der Waals surface area contributed by atoms with Crippen molar-refractivity contribution in [3.8, 4) is 11.4 Å². The Morgan fingerprint density at radius 3 is 2.56 bits per heavy atom. The summed E-state index contributed by atoms with van der Waals surface area (Å²) in [5.41, 5.74) is 3.50. The Labute approximate surface area is 161 Å². The van der Waals surface area contributed by atoms with Gasteiger partial charge in [-0.25, -0.2) is 4.98 Å². The smallest absolute Gasteiger partial charge is 0.260 e. The van der Waals surface area contributed by atoms with Gasteiger partial charge in [0.05, 0.1) is 16.8 Å². The van der Waals surface area contributed by atoms with E-state index in [0.29, 0.717) is 5.82 Å². The number of aromatic nitrogens is 2. The molecule has 2 aromatic carbocycles. The number of thiophene rings is 1. The van der Waals surface area contributed by atoms with E-state index < -0.39 is 0 Å². The molecule has 1 unspecified atom stereocenters. The molecule has 27 heavy (non-hydrogen) atoms. The van der Waals surface area contributed by atoms with Gasteiger partial charge in [0.2, 0.25) is 0 Å². The van der Waals surface area contributed by atoms with Crippen LogP contribution < -0.4 is 10.5 Å². The summed E-state index contributed by atoms with van der Waals surface area (Å²) in [5.74, 6) is 0.653. The third kappa shape index (κ3) is 3.09. The molecule has 0 radical (unpaired) electrons. The van der Waals surface area contributed by atoms with Gasteiger partial charge < -0.3 is 9.88 Å². The average Bonchev–Trinajstić information content (AvgIpc) is 3.07. The van der Waals surface area contributed by atoms with E-state index in [0.717, 1.165) is 41.8 Å². The van der Waals surface area contributed by atoms with E-state index in [1.165, 1.54) is 16.0 Å². The minimum absolute atomic E-state index is 0.0112. The third-order valence-electron chi connectivity index (χ3n) is 5.23. The highest BCUT2D eigenvalue weighted by molar-refractivity contribution is 7.18. The molecule has 0 saturated carbocycles.